The number of benzene rings is 2. The number of hydrogen-bond donors (Lipinski definition) is 2. The topological polar surface area (TPSA) is 83.2 Å². The van der Waals surface area contributed by atoms with Gasteiger partial charge in [0, 0.05) is 6.54 Å². The molecule has 0 spiro atoms. The van der Waals surface area contributed by atoms with Crippen molar-refractivity contribution in [1.29, 1.82) is 0 Å². The van der Waals surface area contributed by atoms with Crippen molar-refractivity contribution in [2.45, 2.75) is 38.2 Å². The minimum atomic E-state index is -4.94. The van der Waals surface area contributed by atoms with E-state index in [2.05, 4.69) is 15.2 Å². The molecule has 14 heteroatoms. The number of nitrogens with zero attached hydrogens (tertiary/aromatic N) is 2. The second-order valence-electron chi connectivity index (χ2n) is 8.07. The van der Waals surface area contributed by atoms with E-state index in [1.807, 2.05) is 4.90 Å². The highest BCUT2D eigenvalue weighted by molar-refractivity contribution is 5.34. The number of halogens is 7. The summed E-state index contributed by atoms with van der Waals surface area (Å²) in [6.45, 7) is 2.50. The van der Waals surface area contributed by atoms with Gasteiger partial charge >= 0.3 is 18.0 Å². The van der Waals surface area contributed by atoms with Gasteiger partial charge in [0.2, 0.25) is 0 Å². The molecule has 0 amide bonds. The zero-order valence-corrected chi connectivity index (χ0v) is 19.4. The van der Waals surface area contributed by atoms with Crippen LogP contribution in [0.25, 0.3) is 0 Å². The van der Waals surface area contributed by atoms with Crippen LogP contribution < -0.4 is 5.69 Å². The van der Waals surface area contributed by atoms with E-state index in [4.69, 9.17) is 9.47 Å². The number of rotatable bonds is 5. The molecule has 2 aromatic carbocycles. The van der Waals surface area contributed by atoms with E-state index in [1.54, 1.807) is 18.2 Å². The molecular weight excluding hydrogens is 513 g/mol. The summed E-state index contributed by atoms with van der Waals surface area (Å²) in [5.41, 5.74) is -3.55. The fourth-order valence-corrected chi connectivity index (χ4v) is 3.42. The average molecular weight is 536 g/mol. The average Bonchev–Trinajstić information content (AvgIpc) is 3.23. The van der Waals surface area contributed by atoms with E-state index in [9.17, 15) is 35.5 Å². The van der Waals surface area contributed by atoms with Gasteiger partial charge in [0.15, 0.2) is 6.29 Å². The number of ether oxygens (including phenoxy) is 2. The summed E-state index contributed by atoms with van der Waals surface area (Å²) in [7, 11) is 0. The Bertz CT molecular complexity index is 1160. The Morgan fingerprint density at radius 3 is 2.19 bits per heavy atom. The van der Waals surface area contributed by atoms with Gasteiger partial charge in [-0.25, -0.2) is 14.3 Å². The minimum Gasteiger partial charge on any atom is -0.350 e. The van der Waals surface area contributed by atoms with Crippen LogP contribution in [0.1, 0.15) is 35.5 Å². The van der Waals surface area contributed by atoms with Crippen molar-refractivity contribution in [1.82, 2.24) is 20.1 Å². The Kier molecular flexibility index (Phi) is 9.10. The van der Waals surface area contributed by atoms with E-state index < -0.39 is 41.6 Å². The number of H-pyrrole nitrogens is 2. The first-order valence-electron chi connectivity index (χ1n) is 10.9. The minimum absolute atomic E-state index is 0.0692. The van der Waals surface area contributed by atoms with Gasteiger partial charge in [-0.15, -0.1) is 0 Å². The maximum Gasteiger partial charge on any atom is 0.416 e. The maximum absolute atomic E-state index is 13.0. The lowest BCUT2D eigenvalue weighted by Crippen LogP contribution is -2.43. The molecule has 0 saturated carbocycles. The van der Waals surface area contributed by atoms with Gasteiger partial charge in [0.1, 0.15) is 11.6 Å². The van der Waals surface area contributed by atoms with Gasteiger partial charge in [0.25, 0.3) is 0 Å². The van der Waals surface area contributed by atoms with Crippen LogP contribution in [0.2, 0.25) is 0 Å². The molecule has 2 heterocycles. The predicted molar refractivity (Wildman–Crippen MR) is 117 cm³/mol. The molecule has 4 rings (SSSR count). The lowest BCUT2D eigenvalue weighted by atomic mass is 10.0. The number of aromatic amines is 2. The second kappa shape index (κ2) is 11.9. The molecular formula is C23H23F7N4O3. The van der Waals surface area contributed by atoms with E-state index in [1.165, 1.54) is 19.1 Å². The number of morpholine rings is 1. The molecule has 0 aliphatic carbocycles. The lowest BCUT2D eigenvalue weighted by molar-refractivity contribution is -0.201. The van der Waals surface area contributed by atoms with Crippen molar-refractivity contribution in [3.63, 3.8) is 0 Å². The first-order chi connectivity index (χ1) is 17.3. The monoisotopic (exact) mass is 536 g/mol. The summed E-state index contributed by atoms with van der Waals surface area (Å²) in [5, 5.41) is 6.00. The Labute approximate surface area is 206 Å². The van der Waals surface area contributed by atoms with Crippen LogP contribution in [0.5, 0.6) is 0 Å². The van der Waals surface area contributed by atoms with Crippen molar-refractivity contribution in [3.8, 4) is 0 Å². The first-order valence-corrected chi connectivity index (χ1v) is 10.9. The highest BCUT2D eigenvalue weighted by Gasteiger charge is 2.37. The predicted octanol–water partition coefficient (Wildman–Crippen LogP) is 4.90. The molecule has 1 saturated heterocycles. The summed E-state index contributed by atoms with van der Waals surface area (Å²) in [6, 6.07) is 9.28. The molecule has 1 aliphatic heterocycles. The maximum atomic E-state index is 13.0. The van der Waals surface area contributed by atoms with Crippen molar-refractivity contribution in [2.75, 3.05) is 19.7 Å². The van der Waals surface area contributed by atoms with E-state index in [0.29, 0.717) is 24.5 Å². The fourth-order valence-electron chi connectivity index (χ4n) is 3.42. The molecule has 0 bridgehead atoms. The van der Waals surface area contributed by atoms with Crippen molar-refractivity contribution in [3.05, 3.63) is 87.3 Å². The van der Waals surface area contributed by atoms with Crippen LogP contribution in [-0.2, 0) is 28.4 Å². The molecule has 37 heavy (non-hydrogen) atoms. The highest BCUT2D eigenvalue weighted by atomic mass is 19.4. The number of alkyl halides is 6. The zero-order chi connectivity index (χ0) is 27.2. The molecule has 7 nitrogen and oxygen atoms in total. The molecule has 202 valence electrons. The van der Waals surface area contributed by atoms with Crippen molar-refractivity contribution in [2.24, 2.45) is 0 Å². The molecule has 0 unspecified atom stereocenters. The van der Waals surface area contributed by atoms with Gasteiger partial charge in [-0.3, -0.25) is 9.88 Å². The number of aromatic nitrogens is 3. The second-order valence-corrected chi connectivity index (χ2v) is 8.07. The summed E-state index contributed by atoms with van der Waals surface area (Å²) < 4.78 is 101. The fraction of sp³-hybridized carbons (Fsp3) is 0.391. The van der Waals surface area contributed by atoms with E-state index in [0.717, 1.165) is 0 Å². The van der Waals surface area contributed by atoms with Gasteiger partial charge in [0.05, 0.1) is 36.9 Å². The van der Waals surface area contributed by atoms with Crippen LogP contribution in [0, 0.1) is 5.82 Å². The van der Waals surface area contributed by atoms with E-state index in [-0.39, 0.29) is 37.1 Å². The van der Waals surface area contributed by atoms with Crippen LogP contribution in [0.4, 0.5) is 30.7 Å². The van der Waals surface area contributed by atoms with Crippen molar-refractivity contribution >= 4 is 0 Å². The standard InChI is InChI=1S/C17H18F6N4O3.C6H5F/c1-9(10-4-11(16(18,19)20)6-12(5-10)17(21,22)23)30-14-8-27(2-3-29-14)7-13-24-15(28)26-25-13;7-6-4-2-1-3-5-6/h4-6,9,14H,2-3,7-8H2,1H3,(H2,24,25,26,28);1-5H/t9-,14-;/m1./s1. The Morgan fingerprint density at radius 1 is 1.08 bits per heavy atom. The molecule has 1 fully saturated rings. The lowest BCUT2D eigenvalue weighted by Gasteiger charge is -2.33. The number of nitrogens with one attached hydrogen (secondary N) is 2. The normalized spacial score (nSPS) is 17.7. The van der Waals surface area contributed by atoms with Gasteiger partial charge in [-0.05, 0) is 42.8 Å². The SMILES string of the molecule is C[C@@H](O[C@@H]1CN(Cc2n[nH]c(=O)[nH]2)CCO1)c1cc(C(F)(F)F)cc(C(F)(F)F)c1.Fc1ccccc1. The summed E-state index contributed by atoms with van der Waals surface area (Å²) in [4.78, 5) is 15.4. The van der Waals surface area contributed by atoms with E-state index >= 15 is 0 Å². The number of hydrogen-bond acceptors (Lipinski definition) is 5. The van der Waals surface area contributed by atoms with Crippen LogP contribution in [-0.4, -0.2) is 46.1 Å². The van der Waals surface area contributed by atoms with Crippen LogP contribution in [0.15, 0.2) is 53.3 Å². The van der Waals surface area contributed by atoms with Crippen molar-refractivity contribution < 1.29 is 40.2 Å². The van der Waals surface area contributed by atoms with Crippen LogP contribution >= 0.6 is 0 Å². The molecule has 1 aliphatic rings. The highest BCUT2D eigenvalue weighted by Crippen LogP contribution is 2.38. The molecule has 0 radical (unpaired) electrons. The van der Waals surface area contributed by atoms with Gasteiger partial charge in [-0.2, -0.15) is 31.4 Å². The van der Waals surface area contributed by atoms with Gasteiger partial charge in [-0.1, -0.05) is 18.2 Å². The molecule has 2 atom stereocenters. The summed E-state index contributed by atoms with van der Waals surface area (Å²) in [6.07, 6.45) is -11.9. The Balaban J connectivity index is 0.000000468. The van der Waals surface area contributed by atoms with Crippen LogP contribution in [0.3, 0.4) is 0 Å². The summed E-state index contributed by atoms with van der Waals surface area (Å²) >= 11 is 0. The van der Waals surface area contributed by atoms with Gasteiger partial charge < -0.3 is 9.47 Å². The first kappa shape index (κ1) is 28.3. The zero-order valence-electron chi connectivity index (χ0n) is 19.4. The smallest absolute Gasteiger partial charge is 0.350 e. The molecule has 3 aromatic rings. The third-order valence-corrected chi connectivity index (χ3v) is 5.21. The summed E-state index contributed by atoms with van der Waals surface area (Å²) in [5.74, 6) is 0.198. The Morgan fingerprint density at radius 2 is 1.70 bits per heavy atom. The Hall–Kier alpha value is -3.23. The third-order valence-electron chi connectivity index (χ3n) is 5.21. The largest absolute Gasteiger partial charge is 0.416 e. The third kappa shape index (κ3) is 8.68. The molecule has 2 N–H and O–H groups in total. The quantitative estimate of drug-likeness (QED) is 0.454. The molecule has 1 aromatic heterocycles.